The molecule has 0 aromatic carbocycles. The van der Waals surface area contributed by atoms with E-state index in [0.717, 1.165) is 42.7 Å². The van der Waals surface area contributed by atoms with Crippen LogP contribution in [0.15, 0.2) is 30.5 Å². The van der Waals surface area contributed by atoms with Gasteiger partial charge >= 0.3 is 0 Å². The second-order valence-corrected chi connectivity index (χ2v) is 5.18. The summed E-state index contributed by atoms with van der Waals surface area (Å²) in [4.78, 5) is 13.4. The zero-order chi connectivity index (χ0) is 15.1. The van der Waals surface area contributed by atoms with Gasteiger partial charge in [0.2, 0.25) is 0 Å². The predicted octanol–water partition coefficient (Wildman–Crippen LogP) is 3.08. The molecule has 0 amide bonds. The Labute approximate surface area is 126 Å². The fourth-order valence-corrected chi connectivity index (χ4v) is 1.95. The molecule has 2 rings (SSSR count). The Bertz CT molecular complexity index is 554. The SMILES string of the molecule is CCNc1cc(NCCc2ccccn2)nc(C(C)C)n1. The van der Waals surface area contributed by atoms with Crippen LogP contribution in [0.1, 0.15) is 38.2 Å². The van der Waals surface area contributed by atoms with E-state index in [4.69, 9.17) is 0 Å². The van der Waals surface area contributed by atoms with Crippen LogP contribution in [0.5, 0.6) is 0 Å². The molecule has 0 aliphatic carbocycles. The van der Waals surface area contributed by atoms with E-state index >= 15 is 0 Å². The van der Waals surface area contributed by atoms with Gasteiger partial charge in [0.1, 0.15) is 17.5 Å². The molecule has 0 aliphatic heterocycles. The first kappa shape index (κ1) is 15.2. The molecule has 0 unspecified atom stereocenters. The summed E-state index contributed by atoms with van der Waals surface area (Å²) in [5.41, 5.74) is 1.08. The third-order valence-electron chi connectivity index (χ3n) is 3.03. The molecule has 0 atom stereocenters. The molecule has 5 nitrogen and oxygen atoms in total. The standard InChI is InChI=1S/C16H23N5/c1-4-17-14-11-15(21-16(20-14)12(2)3)19-10-8-13-7-5-6-9-18-13/h5-7,9,11-12H,4,8,10H2,1-3H3,(H2,17,19,20,21). The van der Waals surface area contributed by atoms with E-state index in [1.165, 1.54) is 0 Å². The summed E-state index contributed by atoms with van der Waals surface area (Å²) in [7, 11) is 0. The lowest BCUT2D eigenvalue weighted by atomic mass is 10.2. The van der Waals surface area contributed by atoms with Crippen molar-refractivity contribution in [3.8, 4) is 0 Å². The summed E-state index contributed by atoms with van der Waals surface area (Å²) in [6, 6.07) is 7.92. The van der Waals surface area contributed by atoms with Crippen molar-refractivity contribution < 1.29 is 0 Å². The summed E-state index contributed by atoms with van der Waals surface area (Å²) in [6.45, 7) is 7.91. The van der Waals surface area contributed by atoms with Gasteiger partial charge in [-0.1, -0.05) is 19.9 Å². The first-order valence-electron chi connectivity index (χ1n) is 7.45. The number of anilines is 2. The van der Waals surface area contributed by atoms with Gasteiger partial charge in [-0.05, 0) is 19.1 Å². The molecule has 0 saturated carbocycles. The van der Waals surface area contributed by atoms with Gasteiger partial charge < -0.3 is 10.6 Å². The summed E-state index contributed by atoms with van der Waals surface area (Å²) in [5, 5.41) is 6.60. The fraction of sp³-hybridized carbons (Fsp3) is 0.438. The molecule has 2 aromatic heterocycles. The molecule has 2 aromatic rings. The molecule has 21 heavy (non-hydrogen) atoms. The van der Waals surface area contributed by atoms with Gasteiger partial charge in [-0.2, -0.15) is 0 Å². The average Bonchev–Trinajstić information content (AvgIpc) is 2.48. The minimum atomic E-state index is 0.306. The van der Waals surface area contributed by atoms with E-state index < -0.39 is 0 Å². The maximum Gasteiger partial charge on any atom is 0.135 e. The Hall–Kier alpha value is -2.17. The maximum absolute atomic E-state index is 4.56. The topological polar surface area (TPSA) is 62.7 Å². The highest BCUT2D eigenvalue weighted by Gasteiger charge is 2.07. The maximum atomic E-state index is 4.56. The number of aromatic nitrogens is 3. The summed E-state index contributed by atoms with van der Waals surface area (Å²) < 4.78 is 0. The highest BCUT2D eigenvalue weighted by atomic mass is 15.1. The van der Waals surface area contributed by atoms with Crippen LogP contribution in [0.2, 0.25) is 0 Å². The van der Waals surface area contributed by atoms with E-state index in [1.54, 1.807) is 0 Å². The largest absolute Gasteiger partial charge is 0.370 e. The van der Waals surface area contributed by atoms with Gasteiger partial charge in [0.25, 0.3) is 0 Å². The molecular formula is C16H23N5. The molecule has 0 bridgehead atoms. The second-order valence-electron chi connectivity index (χ2n) is 5.18. The highest BCUT2D eigenvalue weighted by molar-refractivity contribution is 5.47. The number of rotatable bonds is 7. The fourth-order valence-electron chi connectivity index (χ4n) is 1.95. The number of hydrogen-bond donors (Lipinski definition) is 2. The van der Waals surface area contributed by atoms with Crippen molar-refractivity contribution >= 4 is 11.6 Å². The molecule has 0 aliphatic rings. The van der Waals surface area contributed by atoms with Crippen molar-refractivity contribution in [3.05, 3.63) is 42.0 Å². The zero-order valence-corrected chi connectivity index (χ0v) is 12.9. The van der Waals surface area contributed by atoms with Crippen LogP contribution in [0.4, 0.5) is 11.6 Å². The van der Waals surface area contributed by atoms with Crippen molar-refractivity contribution in [2.24, 2.45) is 0 Å². The van der Waals surface area contributed by atoms with Crippen molar-refractivity contribution in [3.63, 3.8) is 0 Å². The molecule has 0 saturated heterocycles. The van der Waals surface area contributed by atoms with Crippen molar-refractivity contribution in [2.45, 2.75) is 33.1 Å². The Morgan fingerprint density at radius 2 is 1.86 bits per heavy atom. The Morgan fingerprint density at radius 3 is 2.48 bits per heavy atom. The molecule has 0 spiro atoms. The molecule has 2 heterocycles. The normalized spacial score (nSPS) is 10.7. The molecule has 5 heteroatoms. The van der Waals surface area contributed by atoms with Crippen LogP contribution in [-0.2, 0) is 6.42 Å². The van der Waals surface area contributed by atoms with Crippen LogP contribution >= 0.6 is 0 Å². The van der Waals surface area contributed by atoms with E-state index in [2.05, 4.69) is 46.4 Å². The summed E-state index contributed by atoms with van der Waals surface area (Å²) in [5.74, 6) is 2.89. The summed E-state index contributed by atoms with van der Waals surface area (Å²) >= 11 is 0. The van der Waals surface area contributed by atoms with Crippen LogP contribution < -0.4 is 10.6 Å². The van der Waals surface area contributed by atoms with Gasteiger partial charge in [-0.3, -0.25) is 4.98 Å². The minimum absolute atomic E-state index is 0.306. The predicted molar refractivity (Wildman–Crippen MR) is 86.7 cm³/mol. The van der Waals surface area contributed by atoms with Crippen LogP contribution in [0.3, 0.4) is 0 Å². The van der Waals surface area contributed by atoms with Crippen molar-refractivity contribution in [1.82, 2.24) is 15.0 Å². The monoisotopic (exact) mass is 285 g/mol. The first-order chi connectivity index (χ1) is 10.2. The van der Waals surface area contributed by atoms with E-state index in [0.29, 0.717) is 5.92 Å². The van der Waals surface area contributed by atoms with Crippen molar-refractivity contribution in [1.29, 1.82) is 0 Å². The highest BCUT2D eigenvalue weighted by Crippen LogP contribution is 2.16. The second kappa shape index (κ2) is 7.57. The molecule has 0 fully saturated rings. The summed E-state index contributed by atoms with van der Waals surface area (Å²) in [6.07, 6.45) is 2.69. The van der Waals surface area contributed by atoms with Gasteiger partial charge in [0.15, 0.2) is 0 Å². The zero-order valence-electron chi connectivity index (χ0n) is 12.9. The van der Waals surface area contributed by atoms with Crippen LogP contribution in [-0.4, -0.2) is 28.0 Å². The lowest BCUT2D eigenvalue weighted by Crippen LogP contribution is -2.11. The number of hydrogen-bond acceptors (Lipinski definition) is 5. The number of pyridine rings is 1. The van der Waals surface area contributed by atoms with E-state index in [1.807, 2.05) is 30.5 Å². The van der Waals surface area contributed by atoms with E-state index in [9.17, 15) is 0 Å². The molecule has 112 valence electrons. The van der Waals surface area contributed by atoms with E-state index in [-0.39, 0.29) is 0 Å². The Balaban J connectivity index is 2.01. The smallest absolute Gasteiger partial charge is 0.135 e. The third-order valence-corrected chi connectivity index (χ3v) is 3.03. The average molecular weight is 285 g/mol. The van der Waals surface area contributed by atoms with Gasteiger partial charge in [0.05, 0.1) is 0 Å². The van der Waals surface area contributed by atoms with Gasteiger partial charge in [0, 0.05) is 43.4 Å². The van der Waals surface area contributed by atoms with Crippen LogP contribution in [0, 0.1) is 0 Å². The third kappa shape index (κ3) is 4.70. The van der Waals surface area contributed by atoms with Gasteiger partial charge in [-0.25, -0.2) is 9.97 Å². The lowest BCUT2D eigenvalue weighted by molar-refractivity contribution is 0.774. The lowest BCUT2D eigenvalue weighted by Gasteiger charge is -2.12. The Morgan fingerprint density at radius 1 is 1.10 bits per heavy atom. The molecule has 0 radical (unpaired) electrons. The van der Waals surface area contributed by atoms with Crippen molar-refractivity contribution in [2.75, 3.05) is 23.7 Å². The molecule has 2 N–H and O–H groups in total. The minimum Gasteiger partial charge on any atom is -0.370 e. The Kier molecular flexibility index (Phi) is 5.49. The van der Waals surface area contributed by atoms with Crippen LogP contribution in [0.25, 0.3) is 0 Å². The molecular weight excluding hydrogens is 262 g/mol. The number of nitrogens with one attached hydrogen (secondary N) is 2. The number of nitrogens with zero attached hydrogens (tertiary/aromatic N) is 3. The quantitative estimate of drug-likeness (QED) is 0.818. The first-order valence-corrected chi connectivity index (χ1v) is 7.45. The van der Waals surface area contributed by atoms with Gasteiger partial charge in [-0.15, -0.1) is 0 Å².